The lowest BCUT2D eigenvalue weighted by Crippen LogP contribution is -2.35. The number of nitrogens with zero attached hydrogens (tertiary/aromatic N) is 1. The number of hydrogen-bond acceptors (Lipinski definition) is 3. The van der Waals surface area contributed by atoms with Gasteiger partial charge in [0.25, 0.3) is 5.91 Å². The van der Waals surface area contributed by atoms with E-state index in [1.807, 2.05) is 6.92 Å². The third-order valence-corrected chi connectivity index (χ3v) is 2.90. The molecular formula is C14H16N2O2. The van der Waals surface area contributed by atoms with Crippen LogP contribution in [-0.2, 0) is 0 Å². The van der Waals surface area contributed by atoms with E-state index >= 15 is 0 Å². The number of nitrogens with one attached hydrogen (secondary N) is 1. The second kappa shape index (κ2) is 5.19. The number of aliphatic hydroxyl groups excluding tert-OH is 1. The Hall–Kier alpha value is -1.86. The summed E-state index contributed by atoms with van der Waals surface area (Å²) in [5.74, 6) is 5.50. The molecular weight excluding hydrogens is 228 g/mol. The quantitative estimate of drug-likeness (QED) is 0.783. The molecule has 0 radical (unpaired) electrons. The molecule has 1 saturated carbocycles. The molecule has 1 aliphatic carbocycles. The zero-order valence-electron chi connectivity index (χ0n) is 10.4. The maximum absolute atomic E-state index is 12.1. The highest BCUT2D eigenvalue weighted by Gasteiger charge is 2.39. The fraction of sp³-hybridized carbons (Fsp3) is 0.429. The summed E-state index contributed by atoms with van der Waals surface area (Å²) in [6.45, 7) is 2.04. The van der Waals surface area contributed by atoms with Gasteiger partial charge in [-0.15, -0.1) is 0 Å². The van der Waals surface area contributed by atoms with Crippen LogP contribution in [0.25, 0.3) is 0 Å². The molecule has 0 spiro atoms. The minimum atomic E-state index is -0.177. The molecule has 4 heteroatoms. The third kappa shape index (κ3) is 3.08. The van der Waals surface area contributed by atoms with E-state index < -0.39 is 0 Å². The van der Waals surface area contributed by atoms with Gasteiger partial charge in [0.1, 0.15) is 5.69 Å². The summed E-state index contributed by atoms with van der Waals surface area (Å²) in [6, 6.07) is 3.51. The molecule has 0 aliphatic heterocycles. The summed E-state index contributed by atoms with van der Waals surface area (Å²) in [5, 5.41) is 11.6. The number of aliphatic hydroxyl groups is 1. The normalized spacial score (nSPS) is 15.4. The average Bonchev–Trinajstić information content (AvgIpc) is 3.07. The smallest absolute Gasteiger partial charge is 0.271 e. The van der Waals surface area contributed by atoms with Crippen LogP contribution in [0.4, 0.5) is 0 Å². The molecule has 4 nitrogen and oxygen atoms in total. The number of aromatic nitrogens is 1. The standard InChI is InChI=1S/C14H16N2O2/c1-14(7-8-14)16-13(18)12-11(5-2-3-10-17)6-4-9-15-12/h4,6,9,17H,3,7-8,10H2,1H3,(H,16,18). The molecule has 0 atom stereocenters. The molecule has 1 heterocycles. The van der Waals surface area contributed by atoms with Crippen LogP contribution in [0.1, 0.15) is 42.2 Å². The van der Waals surface area contributed by atoms with Gasteiger partial charge in [0.2, 0.25) is 0 Å². The first kappa shape index (κ1) is 12.6. The molecule has 1 aromatic rings. The summed E-state index contributed by atoms with van der Waals surface area (Å²) in [4.78, 5) is 16.2. The van der Waals surface area contributed by atoms with Crippen molar-refractivity contribution in [3.8, 4) is 11.8 Å². The molecule has 1 aliphatic rings. The zero-order valence-corrected chi connectivity index (χ0v) is 10.4. The summed E-state index contributed by atoms with van der Waals surface area (Å²) in [6.07, 6.45) is 4.00. The van der Waals surface area contributed by atoms with Crippen molar-refractivity contribution in [1.82, 2.24) is 10.3 Å². The van der Waals surface area contributed by atoms with Crippen LogP contribution in [0.2, 0.25) is 0 Å². The molecule has 0 aromatic carbocycles. The Morgan fingerprint density at radius 1 is 1.61 bits per heavy atom. The van der Waals surface area contributed by atoms with Crippen LogP contribution in [0.15, 0.2) is 18.3 Å². The molecule has 1 aromatic heterocycles. The van der Waals surface area contributed by atoms with Crippen LogP contribution >= 0.6 is 0 Å². The molecule has 94 valence electrons. The molecule has 1 fully saturated rings. The Morgan fingerprint density at radius 3 is 3.06 bits per heavy atom. The molecule has 2 N–H and O–H groups in total. The van der Waals surface area contributed by atoms with E-state index in [4.69, 9.17) is 5.11 Å². The lowest BCUT2D eigenvalue weighted by molar-refractivity contribution is 0.0930. The minimum Gasteiger partial charge on any atom is -0.395 e. The average molecular weight is 244 g/mol. The summed E-state index contributed by atoms with van der Waals surface area (Å²) >= 11 is 0. The third-order valence-electron chi connectivity index (χ3n) is 2.90. The zero-order chi connectivity index (χ0) is 13.0. The van der Waals surface area contributed by atoms with Crippen molar-refractivity contribution in [1.29, 1.82) is 0 Å². The fourth-order valence-electron chi connectivity index (χ4n) is 1.55. The first-order valence-corrected chi connectivity index (χ1v) is 6.02. The second-order valence-electron chi connectivity index (χ2n) is 4.69. The highest BCUT2D eigenvalue weighted by molar-refractivity contribution is 5.95. The van der Waals surface area contributed by atoms with Gasteiger partial charge in [-0.1, -0.05) is 11.8 Å². The Kier molecular flexibility index (Phi) is 3.63. The Labute approximate surface area is 106 Å². The Balaban J connectivity index is 2.16. The van der Waals surface area contributed by atoms with Gasteiger partial charge in [0, 0.05) is 18.2 Å². The van der Waals surface area contributed by atoms with Crippen molar-refractivity contribution < 1.29 is 9.90 Å². The van der Waals surface area contributed by atoms with E-state index in [9.17, 15) is 4.79 Å². The Morgan fingerprint density at radius 2 is 2.39 bits per heavy atom. The van der Waals surface area contributed by atoms with Gasteiger partial charge in [-0.05, 0) is 31.9 Å². The lowest BCUT2D eigenvalue weighted by Gasteiger charge is -2.11. The molecule has 0 saturated heterocycles. The highest BCUT2D eigenvalue weighted by Crippen LogP contribution is 2.34. The topological polar surface area (TPSA) is 62.2 Å². The van der Waals surface area contributed by atoms with Crippen molar-refractivity contribution in [2.45, 2.75) is 31.7 Å². The van der Waals surface area contributed by atoms with E-state index in [-0.39, 0.29) is 18.1 Å². The van der Waals surface area contributed by atoms with Crippen LogP contribution in [0, 0.1) is 11.8 Å². The maximum atomic E-state index is 12.1. The first-order valence-electron chi connectivity index (χ1n) is 6.02. The highest BCUT2D eigenvalue weighted by atomic mass is 16.2. The number of pyridine rings is 1. The van der Waals surface area contributed by atoms with E-state index in [0.29, 0.717) is 17.7 Å². The molecule has 1 amide bonds. The number of carbonyl (C=O) groups is 1. The second-order valence-corrected chi connectivity index (χ2v) is 4.69. The molecule has 0 bridgehead atoms. The van der Waals surface area contributed by atoms with Gasteiger partial charge in [-0.2, -0.15) is 0 Å². The maximum Gasteiger partial charge on any atom is 0.271 e. The fourth-order valence-corrected chi connectivity index (χ4v) is 1.55. The van der Waals surface area contributed by atoms with Crippen molar-refractivity contribution in [3.05, 3.63) is 29.6 Å². The van der Waals surface area contributed by atoms with Crippen LogP contribution in [0.3, 0.4) is 0 Å². The first-order chi connectivity index (χ1) is 8.64. The number of rotatable bonds is 3. The largest absolute Gasteiger partial charge is 0.395 e. The van der Waals surface area contributed by atoms with Crippen molar-refractivity contribution in [2.75, 3.05) is 6.61 Å². The SMILES string of the molecule is CC1(NC(=O)c2ncccc2C#CCCO)CC1. The van der Waals surface area contributed by atoms with E-state index in [1.165, 1.54) is 0 Å². The van der Waals surface area contributed by atoms with Gasteiger partial charge >= 0.3 is 0 Å². The van der Waals surface area contributed by atoms with Crippen molar-refractivity contribution >= 4 is 5.91 Å². The number of hydrogen-bond donors (Lipinski definition) is 2. The molecule has 0 unspecified atom stereocenters. The summed E-state index contributed by atoms with van der Waals surface area (Å²) < 4.78 is 0. The predicted molar refractivity (Wildman–Crippen MR) is 67.9 cm³/mol. The van der Waals surface area contributed by atoms with Gasteiger partial charge in [-0.3, -0.25) is 4.79 Å². The van der Waals surface area contributed by atoms with Gasteiger partial charge < -0.3 is 10.4 Å². The van der Waals surface area contributed by atoms with Gasteiger partial charge in [-0.25, -0.2) is 4.98 Å². The van der Waals surface area contributed by atoms with Crippen LogP contribution in [-0.4, -0.2) is 28.1 Å². The monoisotopic (exact) mass is 244 g/mol. The van der Waals surface area contributed by atoms with Crippen LogP contribution < -0.4 is 5.32 Å². The van der Waals surface area contributed by atoms with E-state index in [1.54, 1.807) is 18.3 Å². The number of amides is 1. The lowest BCUT2D eigenvalue weighted by atomic mass is 10.1. The van der Waals surface area contributed by atoms with E-state index in [2.05, 4.69) is 22.1 Å². The van der Waals surface area contributed by atoms with Gasteiger partial charge in [0.05, 0.1) is 12.2 Å². The number of carbonyl (C=O) groups excluding carboxylic acids is 1. The van der Waals surface area contributed by atoms with Crippen molar-refractivity contribution in [3.63, 3.8) is 0 Å². The van der Waals surface area contributed by atoms with Crippen LogP contribution in [0.5, 0.6) is 0 Å². The Bertz CT molecular complexity index is 510. The molecule has 18 heavy (non-hydrogen) atoms. The van der Waals surface area contributed by atoms with Gasteiger partial charge in [0.15, 0.2) is 0 Å². The molecule has 2 rings (SSSR count). The summed E-state index contributed by atoms with van der Waals surface area (Å²) in [7, 11) is 0. The minimum absolute atomic E-state index is 0.0207. The van der Waals surface area contributed by atoms with E-state index in [0.717, 1.165) is 12.8 Å². The van der Waals surface area contributed by atoms with Crippen molar-refractivity contribution in [2.24, 2.45) is 0 Å². The predicted octanol–water partition coefficient (Wildman–Crippen LogP) is 1.10. The summed E-state index contributed by atoms with van der Waals surface area (Å²) in [5.41, 5.74) is 0.897.